The Labute approximate surface area is 135 Å². The summed E-state index contributed by atoms with van der Waals surface area (Å²) in [6, 6.07) is 3.66. The number of esters is 2. The topological polar surface area (TPSA) is 76.1 Å². The second kappa shape index (κ2) is 6.29. The van der Waals surface area contributed by atoms with E-state index in [4.69, 9.17) is 9.47 Å². The van der Waals surface area contributed by atoms with Crippen LogP contribution in [0.2, 0.25) is 0 Å². The summed E-state index contributed by atoms with van der Waals surface area (Å²) in [6.45, 7) is 0.974. The van der Waals surface area contributed by atoms with Crippen LogP contribution in [0.3, 0.4) is 0 Å². The highest BCUT2D eigenvalue weighted by Crippen LogP contribution is 2.44. The number of aliphatic hydroxyl groups excluding tert-OH is 1. The van der Waals surface area contributed by atoms with Crippen molar-refractivity contribution < 1.29 is 24.2 Å². The molecule has 0 saturated heterocycles. The largest absolute Gasteiger partial charge is 0.468 e. The Hall–Kier alpha value is -1.92. The third kappa shape index (κ3) is 2.84. The summed E-state index contributed by atoms with van der Waals surface area (Å²) in [4.78, 5) is 25.6. The molecular weight excluding hydrogens is 298 g/mol. The van der Waals surface area contributed by atoms with Gasteiger partial charge >= 0.3 is 11.9 Å². The minimum absolute atomic E-state index is 0.0861. The Morgan fingerprint density at radius 3 is 2.74 bits per heavy atom. The number of carbonyl (C=O) groups excluding carboxylic acids is 2. The molecular formula is C17H21NO5. The van der Waals surface area contributed by atoms with Gasteiger partial charge in [0.25, 0.3) is 0 Å². The Morgan fingerprint density at radius 1 is 1.26 bits per heavy atom. The van der Waals surface area contributed by atoms with Gasteiger partial charge in [-0.3, -0.25) is 9.69 Å². The van der Waals surface area contributed by atoms with Crippen molar-refractivity contribution in [3.63, 3.8) is 0 Å². The van der Waals surface area contributed by atoms with E-state index in [9.17, 15) is 14.7 Å². The summed E-state index contributed by atoms with van der Waals surface area (Å²) in [6.07, 6.45) is 1.55. The molecule has 6 nitrogen and oxygen atoms in total. The number of rotatable bonds is 3. The van der Waals surface area contributed by atoms with E-state index in [1.807, 2.05) is 6.07 Å². The molecule has 1 aliphatic carbocycles. The van der Waals surface area contributed by atoms with Gasteiger partial charge in [0, 0.05) is 12.6 Å². The number of benzene rings is 1. The summed E-state index contributed by atoms with van der Waals surface area (Å²) < 4.78 is 9.58. The van der Waals surface area contributed by atoms with E-state index in [2.05, 4.69) is 4.90 Å². The van der Waals surface area contributed by atoms with Gasteiger partial charge in [-0.15, -0.1) is 0 Å². The summed E-state index contributed by atoms with van der Waals surface area (Å²) in [5.74, 6) is -0.650. The van der Waals surface area contributed by atoms with Crippen molar-refractivity contribution in [2.45, 2.75) is 31.4 Å². The molecule has 0 saturated carbocycles. The summed E-state index contributed by atoms with van der Waals surface area (Å²) in [7, 11) is 2.74. The van der Waals surface area contributed by atoms with Crippen LogP contribution < -0.4 is 0 Å². The molecule has 0 bridgehead atoms. The van der Waals surface area contributed by atoms with Crippen molar-refractivity contribution in [1.82, 2.24) is 4.90 Å². The predicted octanol–water partition coefficient (Wildman–Crippen LogP) is 1.37. The zero-order chi connectivity index (χ0) is 16.6. The van der Waals surface area contributed by atoms with E-state index in [1.165, 1.54) is 14.2 Å². The first-order valence-corrected chi connectivity index (χ1v) is 7.79. The van der Waals surface area contributed by atoms with Crippen LogP contribution in [0.25, 0.3) is 0 Å². The van der Waals surface area contributed by atoms with Crippen molar-refractivity contribution in [3.05, 3.63) is 34.4 Å². The van der Waals surface area contributed by atoms with Gasteiger partial charge in [0.2, 0.25) is 0 Å². The third-order valence-corrected chi connectivity index (χ3v) is 4.79. The lowest BCUT2D eigenvalue weighted by atomic mass is 9.78. The molecule has 0 fully saturated rings. The van der Waals surface area contributed by atoms with Gasteiger partial charge < -0.3 is 14.6 Å². The van der Waals surface area contributed by atoms with E-state index >= 15 is 0 Å². The highest BCUT2D eigenvalue weighted by Gasteiger charge is 2.36. The number of nitrogens with zero attached hydrogens (tertiary/aromatic N) is 1. The van der Waals surface area contributed by atoms with Crippen LogP contribution in [0.5, 0.6) is 0 Å². The number of methoxy groups -OCH3 is 2. The number of hydrogen-bond donors (Lipinski definition) is 1. The van der Waals surface area contributed by atoms with E-state index in [0.29, 0.717) is 12.0 Å². The molecule has 2 aliphatic rings. The van der Waals surface area contributed by atoms with Gasteiger partial charge in [0.15, 0.2) is 0 Å². The monoisotopic (exact) mass is 319 g/mol. The Bertz CT molecular complexity index is 642. The molecule has 124 valence electrons. The molecule has 2 atom stereocenters. The summed E-state index contributed by atoms with van der Waals surface area (Å²) in [5, 5.41) is 10.4. The first kappa shape index (κ1) is 16.0. The quantitative estimate of drug-likeness (QED) is 0.848. The van der Waals surface area contributed by atoms with Gasteiger partial charge in [0.05, 0.1) is 32.4 Å². The second-order valence-electron chi connectivity index (χ2n) is 6.04. The first-order valence-electron chi connectivity index (χ1n) is 7.79. The van der Waals surface area contributed by atoms with Crippen LogP contribution in [0.15, 0.2) is 12.1 Å². The summed E-state index contributed by atoms with van der Waals surface area (Å²) in [5.41, 5.74) is 3.38. The maximum atomic E-state index is 11.8. The molecule has 1 heterocycles. The highest BCUT2D eigenvalue weighted by atomic mass is 16.5. The fraction of sp³-hybridized carbons (Fsp3) is 0.529. The van der Waals surface area contributed by atoms with Crippen LogP contribution >= 0.6 is 0 Å². The van der Waals surface area contributed by atoms with Crippen LogP contribution in [-0.2, 0) is 20.7 Å². The van der Waals surface area contributed by atoms with Crippen molar-refractivity contribution in [2.75, 3.05) is 27.3 Å². The molecule has 1 N–H and O–H groups in total. The lowest BCUT2D eigenvalue weighted by Gasteiger charge is -2.42. The van der Waals surface area contributed by atoms with Gasteiger partial charge in [-0.05, 0) is 48.1 Å². The molecule has 1 aromatic rings. The number of aliphatic hydroxyl groups is 1. The van der Waals surface area contributed by atoms with Gasteiger partial charge in [-0.25, -0.2) is 4.79 Å². The maximum absolute atomic E-state index is 11.8. The van der Waals surface area contributed by atoms with Crippen LogP contribution in [0, 0.1) is 0 Å². The highest BCUT2D eigenvalue weighted by molar-refractivity contribution is 5.90. The van der Waals surface area contributed by atoms with Gasteiger partial charge in [0.1, 0.15) is 0 Å². The standard InChI is InChI=1S/C17H21NO5/c1-22-15(20)9-18-6-5-10-7-11(17(21)23-2)8-12-14(19)4-3-13(18)16(10)12/h7-8,13-14,19H,3-6,9H2,1-2H3/t13-,14-/m0/s1. The third-order valence-electron chi connectivity index (χ3n) is 4.79. The Kier molecular flexibility index (Phi) is 4.37. The van der Waals surface area contributed by atoms with Gasteiger partial charge in [-0.2, -0.15) is 0 Å². The molecule has 23 heavy (non-hydrogen) atoms. The van der Waals surface area contributed by atoms with Crippen molar-refractivity contribution in [2.24, 2.45) is 0 Å². The average molecular weight is 319 g/mol. The smallest absolute Gasteiger partial charge is 0.337 e. The number of carbonyl (C=O) groups is 2. The molecule has 0 radical (unpaired) electrons. The van der Waals surface area contributed by atoms with Crippen molar-refractivity contribution in [1.29, 1.82) is 0 Å². The maximum Gasteiger partial charge on any atom is 0.337 e. The minimum Gasteiger partial charge on any atom is -0.468 e. The predicted molar refractivity (Wildman–Crippen MR) is 82.0 cm³/mol. The van der Waals surface area contributed by atoms with Crippen LogP contribution in [0.4, 0.5) is 0 Å². The van der Waals surface area contributed by atoms with Crippen molar-refractivity contribution in [3.8, 4) is 0 Å². The van der Waals surface area contributed by atoms with E-state index < -0.39 is 12.1 Å². The van der Waals surface area contributed by atoms with Crippen molar-refractivity contribution >= 4 is 11.9 Å². The molecule has 1 aromatic carbocycles. The number of ether oxygens (including phenoxy) is 2. The first-order chi connectivity index (χ1) is 11.0. The van der Waals surface area contributed by atoms with Crippen LogP contribution in [0.1, 0.15) is 52.0 Å². The van der Waals surface area contributed by atoms with E-state index in [1.54, 1.807) is 6.07 Å². The molecule has 0 spiro atoms. The SMILES string of the molecule is COC(=O)CN1CCc2cc(C(=O)OC)cc3c2[C@@H]1CC[C@@H]3O. The van der Waals surface area contributed by atoms with E-state index in [-0.39, 0.29) is 18.6 Å². The lowest BCUT2D eigenvalue weighted by molar-refractivity contribution is -0.142. The summed E-state index contributed by atoms with van der Waals surface area (Å²) >= 11 is 0. The zero-order valence-electron chi connectivity index (χ0n) is 13.4. The molecule has 0 aromatic heterocycles. The molecule has 0 unspecified atom stereocenters. The molecule has 0 amide bonds. The Balaban J connectivity index is 2.01. The zero-order valence-corrected chi connectivity index (χ0v) is 13.4. The normalized spacial score (nSPS) is 23.1. The van der Waals surface area contributed by atoms with E-state index in [0.717, 1.165) is 36.1 Å². The average Bonchev–Trinajstić information content (AvgIpc) is 2.58. The number of hydrogen-bond acceptors (Lipinski definition) is 6. The second-order valence-corrected chi connectivity index (χ2v) is 6.04. The van der Waals surface area contributed by atoms with Gasteiger partial charge in [-0.1, -0.05) is 0 Å². The lowest BCUT2D eigenvalue weighted by Crippen LogP contribution is -2.41. The van der Waals surface area contributed by atoms with Crippen LogP contribution in [-0.4, -0.2) is 49.3 Å². The fourth-order valence-electron chi connectivity index (χ4n) is 3.68. The fourth-order valence-corrected chi connectivity index (χ4v) is 3.68. The molecule has 3 rings (SSSR count). The molecule has 1 aliphatic heterocycles. The Morgan fingerprint density at radius 2 is 2.04 bits per heavy atom. The molecule has 6 heteroatoms. The minimum atomic E-state index is -0.581.